The molecular formula is C17H16N2O2. The molecule has 1 aromatic heterocycles. The number of fused-ring (bicyclic) bond motifs is 1. The van der Waals surface area contributed by atoms with Gasteiger partial charge in [-0.2, -0.15) is 0 Å². The van der Waals surface area contributed by atoms with E-state index in [0.717, 1.165) is 22.2 Å². The molecule has 0 atom stereocenters. The molecular weight excluding hydrogens is 264 g/mol. The van der Waals surface area contributed by atoms with Crippen molar-refractivity contribution in [2.45, 2.75) is 6.61 Å². The molecule has 0 fully saturated rings. The summed E-state index contributed by atoms with van der Waals surface area (Å²) in [4.78, 5) is 15.5. The van der Waals surface area contributed by atoms with Crippen molar-refractivity contribution >= 4 is 22.5 Å². The quantitative estimate of drug-likeness (QED) is 0.767. The summed E-state index contributed by atoms with van der Waals surface area (Å²) in [6, 6.07) is 15.2. The van der Waals surface area contributed by atoms with E-state index in [0.29, 0.717) is 12.2 Å². The summed E-state index contributed by atoms with van der Waals surface area (Å²) in [5.41, 5.74) is 3.40. The van der Waals surface area contributed by atoms with Crippen LogP contribution in [0.5, 0.6) is 0 Å². The van der Waals surface area contributed by atoms with Gasteiger partial charge in [0.2, 0.25) is 0 Å². The van der Waals surface area contributed by atoms with Crippen LogP contribution in [0.15, 0.2) is 54.7 Å². The zero-order chi connectivity index (χ0) is 14.7. The van der Waals surface area contributed by atoms with Crippen LogP contribution < -0.4 is 5.32 Å². The molecule has 0 aliphatic rings. The zero-order valence-corrected chi connectivity index (χ0v) is 11.7. The molecule has 21 heavy (non-hydrogen) atoms. The highest BCUT2D eigenvalue weighted by atomic mass is 16.5. The number of benzene rings is 2. The SMILES string of the molecule is COCc1cccc(NC(=O)c2cccc3[nH]ccc23)c1. The number of aromatic nitrogens is 1. The Morgan fingerprint density at radius 3 is 2.90 bits per heavy atom. The number of methoxy groups -OCH3 is 1. The van der Waals surface area contributed by atoms with Gasteiger partial charge in [-0.1, -0.05) is 18.2 Å². The number of nitrogens with one attached hydrogen (secondary N) is 2. The van der Waals surface area contributed by atoms with E-state index in [-0.39, 0.29) is 5.91 Å². The third-order valence-electron chi connectivity index (χ3n) is 3.34. The van der Waals surface area contributed by atoms with Gasteiger partial charge in [-0.15, -0.1) is 0 Å². The van der Waals surface area contributed by atoms with Gasteiger partial charge in [0, 0.05) is 35.5 Å². The standard InChI is InChI=1S/C17H16N2O2/c1-21-11-12-4-2-5-13(10-12)19-17(20)15-6-3-7-16-14(15)8-9-18-16/h2-10,18H,11H2,1H3,(H,19,20). The van der Waals surface area contributed by atoms with Crippen LogP contribution in [0.25, 0.3) is 10.9 Å². The van der Waals surface area contributed by atoms with E-state index in [1.807, 2.05) is 54.7 Å². The van der Waals surface area contributed by atoms with E-state index in [2.05, 4.69) is 10.3 Å². The number of aromatic amines is 1. The first-order valence-corrected chi connectivity index (χ1v) is 6.73. The van der Waals surface area contributed by atoms with Crippen molar-refractivity contribution in [1.29, 1.82) is 0 Å². The van der Waals surface area contributed by atoms with Gasteiger partial charge in [0.15, 0.2) is 0 Å². The highest BCUT2D eigenvalue weighted by molar-refractivity contribution is 6.12. The molecule has 0 unspecified atom stereocenters. The van der Waals surface area contributed by atoms with Gasteiger partial charge in [0.05, 0.1) is 6.61 Å². The first-order chi connectivity index (χ1) is 10.3. The Bertz CT molecular complexity index is 777. The van der Waals surface area contributed by atoms with Crippen molar-refractivity contribution in [2.24, 2.45) is 0 Å². The van der Waals surface area contributed by atoms with Crippen LogP contribution >= 0.6 is 0 Å². The number of hydrogen-bond donors (Lipinski definition) is 2. The Balaban J connectivity index is 1.86. The minimum absolute atomic E-state index is 0.116. The van der Waals surface area contributed by atoms with E-state index in [1.54, 1.807) is 7.11 Å². The van der Waals surface area contributed by atoms with Crippen molar-refractivity contribution in [3.8, 4) is 0 Å². The van der Waals surface area contributed by atoms with Crippen molar-refractivity contribution in [3.63, 3.8) is 0 Å². The Morgan fingerprint density at radius 1 is 1.19 bits per heavy atom. The van der Waals surface area contributed by atoms with Crippen molar-refractivity contribution in [2.75, 3.05) is 12.4 Å². The fourth-order valence-corrected chi connectivity index (χ4v) is 2.39. The van der Waals surface area contributed by atoms with Gasteiger partial charge < -0.3 is 15.0 Å². The highest BCUT2D eigenvalue weighted by Crippen LogP contribution is 2.19. The lowest BCUT2D eigenvalue weighted by atomic mass is 10.1. The molecule has 2 aromatic carbocycles. The minimum atomic E-state index is -0.116. The number of hydrogen-bond acceptors (Lipinski definition) is 2. The zero-order valence-electron chi connectivity index (χ0n) is 11.7. The second-order valence-corrected chi connectivity index (χ2v) is 4.83. The lowest BCUT2D eigenvalue weighted by Gasteiger charge is -2.08. The molecule has 3 rings (SSSR count). The van der Waals surface area contributed by atoms with Gasteiger partial charge >= 0.3 is 0 Å². The molecule has 0 aliphatic carbocycles. The molecule has 0 saturated heterocycles. The van der Waals surface area contributed by atoms with Gasteiger partial charge in [-0.25, -0.2) is 0 Å². The first kappa shape index (κ1) is 13.4. The second-order valence-electron chi connectivity index (χ2n) is 4.83. The predicted molar refractivity (Wildman–Crippen MR) is 83.4 cm³/mol. The molecule has 1 amide bonds. The number of rotatable bonds is 4. The second kappa shape index (κ2) is 5.81. The molecule has 0 saturated carbocycles. The van der Waals surface area contributed by atoms with Crippen molar-refractivity contribution in [3.05, 3.63) is 65.9 Å². The molecule has 4 nitrogen and oxygen atoms in total. The molecule has 0 spiro atoms. The molecule has 0 bridgehead atoms. The molecule has 1 heterocycles. The molecule has 0 radical (unpaired) electrons. The van der Waals surface area contributed by atoms with Gasteiger partial charge in [0.25, 0.3) is 5.91 Å². The summed E-state index contributed by atoms with van der Waals surface area (Å²) in [5, 5.41) is 3.85. The van der Waals surface area contributed by atoms with Gasteiger partial charge in [-0.05, 0) is 35.9 Å². The molecule has 2 N–H and O–H groups in total. The normalized spacial score (nSPS) is 10.7. The van der Waals surface area contributed by atoms with E-state index >= 15 is 0 Å². The van der Waals surface area contributed by atoms with Crippen LogP contribution in [0, 0.1) is 0 Å². The Hall–Kier alpha value is -2.59. The average Bonchev–Trinajstić information content (AvgIpc) is 2.96. The van der Waals surface area contributed by atoms with Crippen LogP contribution in [-0.2, 0) is 11.3 Å². The summed E-state index contributed by atoms with van der Waals surface area (Å²) < 4.78 is 5.10. The third-order valence-corrected chi connectivity index (χ3v) is 3.34. The van der Waals surface area contributed by atoms with Crippen LogP contribution in [-0.4, -0.2) is 18.0 Å². The Kier molecular flexibility index (Phi) is 3.71. The smallest absolute Gasteiger partial charge is 0.256 e. The molecule has 106 valence electrons. The Labute approximate surface area is 122 Å². The Morgan fingerprint density at radius 2 is 2.05 bits per heavy atom. The summed E-state index contributed by atoms with van der Waals surface area (Å²) >= 11 is 0. The monoisotopic (exact) mass is 280 g/mol. The topological polar surface area (TPSA) is 54.1 Å². The lowest BCUT2D eigenvalue weighted by Crippen LogP contribution is -2.12. The van der Waals surface area contributed by atoms with E-state index < -0.39 is 0 Å². The van der Waals surface area contributed by atoms with E-state index in [4.69, 9.17) is 4.74 Å². The van der Waals surface area contributed by atoms with Crippen LogP contribution in [0.3, 0.4) is 0 Å². The van der Waals surface area contributed by atoms with Crippen LogP contribution in [0.1, 0.15) is 15.9 Å². The fourth-order valence-electron chi connectivity index (χ4n) is 2.39. The van der Waals surface area contributed by atoms with Gasteiger partial charge in [-0.3, -0.25) is 4.79 Å². The molecule has 4 heteroatoms. The van der Waals surface area contributed by atoms with Crippen molar-refractivity contribution < 1.29 is 9.53 Å². The maximum Gasteiger partial charge on any atom is 0.256 e. The van der Waals surface area contributed by atoms with Crippen LogP contribution in [0.4, 0.5) is 5.69 Å². The van der Waals surface area contributed by atoms with Crippen molar-refractivity contribution in [1.82, 2.24) is 4.98 Å². The van der Waals surface area contributed by atoms with E-state index in [1.165, 1.54) is 0 Å². The predicted octanol–water partition coefficient (Wildman–Crippen LogP) is 3.57. The summed E-state index contributed by atoms with van der Waals surface area (Å²) in [6.45, 7) is 0.525. The number of anilines is 1. The largest absolute Gasteiger partial charge is 0.380 e. The number of carbonyl (C=O) groups is 1. The minimum Gasteiger partial charge on any atom is -0.380 e. The number of carbonyl (C=O) groups excluding carboxylic acids is 1. The highest BCUT2D eigenvalue weighted by Gasteiger charge is 2.10. The maximum absolute atomic E-state index is 12.4. The third kappa shape index (κ3) is 2.80. The average molecular weight is 280 g/mol. The maximum atomic E-state index is 12.4. The number of amides is 1. The first-order valence-electron chi connectivity index (χ1n) is 6.73. The molecule has 3 aromatic rings. The summed E-state index contributed by atoms with van der Waals surface area (Å²) in [5.74, 6) is -0.116. The number of ether oxygens (including phenoxy) is 1. The van der Waals surface area contributed by atoms with Gasteiger partial charge in [0.1, 0.15) is 0 Å². The summed E-state index contributed by atoms with van der Waals surface area (Å²) in [6.07, 6.45) is 1.83. The fraction of sp³-hybridized carbons (Fsp3) is 0.118. The lowest BCUT2D eigenvalue weighted by molar-refractivity contribution is 0.102. The van der Waals surface area contributed by atoms with E-state index in [9.17, 15) is 4.79 Å². The van der Waals surface area contributed by atoms with Crippen LogP contribution in [0.2, 0.25) is 0 Å². The summed E-state index contributed by atoms with van der Waals surface area (Å²) in [7, 11) is 1.65. The molecule has 0 aliphatic heterocycles. The number of H-pyrrole nitrogens is 1.